The first-order valence-electron chi connectivity index (χ1n) is 11.8. The molecule has 198 valence electrons. The number of carbonyl (C=O) groups excluding carboxylic acids is 1. The van der Waals surface area contributed by atoms with Crippen molar-refractivity contribution in [2.75, 3.05) is 10.8 Å². The molecule has 10 heteroatoms. The molecule has 3 aromatic carbocycles. The van der Waals surface area contributed by atoms with Gasteiger partial charge in [0.15, 0.2) is 0 Å². The fourth-order valence-corrected chi connectivity index (χ4v) is 6.07. The maximum absolute atomic E-state index is 14.4. The molecule has 3 rings (SSSR count). The van der Waals surface area contributed by atoms with E-state index in [9.17, 15) is 28.2 Å². The Morgan fingerprint density at radius 2 is 1.57 bits per heavy atom. The van der Waals surface area contributed by atoms with Gasteiger partial charge >= 0.3 is 11.9 Å². The van der Waals surface area contributed by atoms with Crippen molar-refractivity contribution in [2.45, 2.75) is 52.2 Å². The molecule has 0 unspecified atom stereocenters. The first-order valence-corrected chi connectivity index (χ1v) is 13.2. The molecule has 0 aliphatic carbocycles. The molecule has 0 aliphatic heterocycles. The van der Waals surface area contributed by atoms with Crippen LogP contribution in [0.4, 0.5) is 5.69 Å². The summed E-state index contributed by atoms with van der Waals surface area (Å²) in [5.74, 6) is -2.41. The van der Waals surface area contributed by atoms with E-state index < -0.39 is 39.9 Å². The second-order valence-corrected chi connectivity index (χ2v) is 11.1. The number of aromatic hydroxyl groups is 1. The summed E-state index contributed by atoms with van der Waals surface area (Å²) >= 11 is 0. The monoisotopic (exact) mass is 529 g/mol. The van der Waals surface area contributed by atoms with E-state index in [4.69, 9.17) is 9.47 Å². The van der Waals surface area contributed by atoms with E-state index in [1.165, 1.54) is 16.4 Å². The molecule has 0 spiro atoms. The number of carboxylic acid groups (broad SMARTS) is 1. The van der Waals surface area contributed by atoms with Crippen LogP contribution in [-0.4, -0.2) is 43.2 Å². The van der Waals surface area contributed by atoms with Gasteiger partial charge in [0.25, 0.3) is 10.0 Å². The van der Waals surface area contributed by atoms with Crippen LogP contribution in [0, 0.1) is 5.92 Å². The van der Waals surface area contributed by atoms with Crippen molar-refractivity contribution in [1.29, 1.82) is 0 Å². The summed E-state index contributed by atoms with van der Waals surface area (Å²) in [5, 5.41) is 20.9. The van der Waals surface area contributed by atoms with Crippen molar-refractivity contribution in [3.05, 3.63) is 59.7 Å². The number of sulfonamides is 1. The molecule has 0 fully saturated rings. The lowest BCUT2D eigenvalue weighted by molar-refractivity contribution is -0.142. The summed E-state index contributed by atoms with van der Waals surface area (Å²) in [6.07, 6.45) is -0.0667. The number of rotatable bonds is 10. The van der Waals surface area contributed by atoms with E-state index in [0.717, 1.165) is 6.92 Å². The summed E-state index contributed by atoms with van der Waals surface area (Å²) in [6.45, 7) is 8.03. The largest absolute Gasteiger partial charge is 0.506 e. The fraction of sp³-hybridized carbons (Fsp3) is 0.333. The Balaban J connectivity index is 2.35. The number of phenols is 1. The number of aromatic carboxylic acids is 1. The zero-order valence-corrected chi connectivity index (χ0v) is 22.2. The lowest BCUT2D eigenvalue weighted by Gasteiger charge is -2.29. The van der Waals surface area contributed by atoms with Gasteiger partial charge in [0, 0.05) is 29.8 Å². The van der Waals surface area contributed by atoms with Crippen LogP contribution in [0.25, 0.3) is 10.8 Å². The molecular formula is C27H31NO8S. The van der Waals surface area contributed by atoms with Crippen molar-refractivity contribution in [3.63, 3.8) is 0 Å². The minimum Gasteiger partial charge on any atom is -0.506 e. The first kappa shape index (κ1) is 27.8. The Hall–Kier alpha value is -3.79. The third-order valence-corrected chi connectivity index (χ3v) is 7.37. The number of anilines is 1. The van der Waals surface area contributed by atoms with Crippen LogP contribution < -0.4 is 9.04 Å². The van der Waals surface area contributed by atoms with Crippen LogP contribution in [-0.2, 0) is 26.2 Å². The van der Waals surface area contributed by atoms with E-state index >= 15 is 0 Å². The van der Waals surface area contributed by atoms with Crippen LogP contribution in [0.1, 0.15) is 50.5 Å². The highest BCUT2D eigenvalue weighted by molar-refractivity contribution is 7.93. The third kappa shape index (κ3) is 5.96. The lowest BCUT2D eigenvalue weighted by atomic mass is 9.99. The molecule has 0 aliphatic rings. The van der Waals surface area contributed by atoms with Gasteiger partial charge in [-0.25, -0.2) is 13.2 Å². The van der Waals surface area contributed by atoms with E-state index in [1.807, 2.05) is 27.7 Å². The number of carbonyl (C=O) groups is 2. The summed E-state index contributed by atoms with van der Waals surface area (Å²) in [7, 11) is -4.44. The van der Waals surface area contributed by atoms with E-state index in [2.05, 4.69) is 0 Å². The molecule has 37 heavy (non-hydrogen) atoms. The number of hydrogen-bond acceptors (Lipinski definition) is 7. The number of hydrogen-bond donors (Lipinski definition) is 2. The summed E-state index contributed by atoms with van der Waals surface area (Å²) < 4.78 is 40.7. The Bertz CT molecular complexity index is 1410. The predicted octanol–water partition coefficient (Wildman–Crippen LogP) is 4.95. The molecule has 0 atom stereocenters. The minimum absolute atomic E-state index is 0.0511. The van der Waals surface area contributed by atoms with Crippen LogP contribution in [0.2, 0.25) is 0 Å². The number of carboxylic acids is 1. The molecule has 2 N–H and O–H groups in total. The van der Waals surface area contributed by atoms with E-state index in [-0.39, 0.29) is 39.8 Å². The van der Waals surface area contributed by atoms with Crippen molar-refractivity contribution >= 4 is 38.4 Å². The van der Waals surface area contributed by atoms with Gasteiger partial charge in [-0.05, 0) is 44.0 Å². The minimum atomic E-state index is -4.44. The second kappa shape index (κ2) is 11.1. The summed E-state index contributed by atoms with van der Waals surface area (Å²) in [6, 6.07) is 12.6. The maximum Gasteiger partial charge on any atom is 0.339 e. The van der Waals surface area contributed by atoms with Crippen molar-refractivity contribution in [3.8, 4) is 11.5 Å². The van der Waals surface area contributed by atoms with Crippen molar-refractivity contribution in [2.24, 2.45) is 5.92 Å². The van der Waals surface area contributed by atoms with Crippen LogP contribution in [0.5, 0.6) is 11.5 Å². The number of ether oxygens (including phenoxy) is 2. The number of benzene rings is 3. The quantitative estimate of drug-likeness (QED) is 0.353. The van der Waals surface area contributed by atoms with Crippen molar-refractivity contribution in [1.82, 2.24) is 0 Å². The molecular weight excluding hydrogens is 498 g/mol. The number of nitrogens with zero attached hydrogens (tertiary/aromatic N) is 1. The zero-order chi connectivity index (χ0) is 27.5. The average molecular weight is 530 g/mol. The van der Waals surface area contributed by atoms with Gasteiger partial charge in [-0.1, -0.05) is 38.1 Å². The highest BCUT2D eigenvalue weighted by Gasteiger charge is 2.35. The van der Waals surface area contributed by atoms with Gasteiger partial charge in [0.2, 0.25) is 0 Å². The number of esters is 1. The summed E-state index contributed by atoms with van der Waals surface area (Å²) in [5.41, 5.74) is -0.603. The Morgan fingerprint density at radius 3 is 2.08 bits per heavy atom. The standard InChI is InChI=1S/C27H31NO8S/c1-16(2)14-28(19-10-12-20(13-11-19)36-17(3)4)37(33,34)26-22-9-7-6-8-21(22)25(30)24(27(31)32)23(26)15-35-18(5)29/h6-13,16-17,30H,14-15H2,1-5H3,(H,31,32). The van der Waals surface area contributed by atoms with E-state index in [1.54, 1.807) is 36.4 Å². The molecule has 0 aromatic heterocycles. The van der Waals surface area contributed by atoms with Gasteiger partial charge in [-0.15, -0.1) is 0 Å². The molecule has 0 heterocycles. The predicted molar refractivity (Wildman–Crippen MR) is 140 cm³/mol. The Kier molecular flexibility index (Phi) is 8.32. The van der Waals surface area contributed by atoms with Crippen LogP contribution in [0.3, 0.4) is 0 Å². The molecule has 0 bridgehead atoms. The smallest absolute Gasteiger partial charge is 0.339 e. The van der Waals surface area contributed by atoms with Gasteiger partial charge in [0.05, 0.1) is 11.8 Å². The van der Waals surface area contributed by atoms with Gasteiger partial charge < -0.3 is 19.7 Å². The van der Waals surface area contributed by atoms with E-state index in [0.29, 0.717) is 11.4 Å². The molecule has 0 amide bonds. The fourth-order valence-electron chi connectivity index (χ4n) is 4.03. The first-order chi connectivity index (χ1) is 17.3. The Morgan fingerprint density at radius 1 is 0.973 bits per heavy atom. The average Bonchev–Trinajstić information content (AvgIpc) is 2.81. The molecule has 3 aromatic rings. The van der Waals surface area contributed by atoms with Gasteiger partial charge in [-0.2, -0.15) is 0 Å². The topological polar surface area (TPSA) is 130 Å². The summed E-state index contributed by atoms with van der Waals surface area (Å²) in [4.78, 5) is 23.5. The molecule has 0 saturated carbocycles. The second-order valence-electron chi connectivity index (χ2n) is 9.25. The van der Waals surface area contributed by atoms with Gasteiger partial charge in [-0.3, -0.25) is 9.10 Å². The van der Waals surface area contributed by atoms with Crippen LogP contribution in [0.15, 0.2) is 53.4 Å². The molecule has 0 saturated heterocycles. The van der Waals surface area contributed by atoms with Gasteiger partial charge in [0.1, 0.15) is 28.6 Å². The zero-order valence-electron chi connectivity index (χ0n) is 21.4. The SMILES string of the molecule is CC(=O)OCc1c(C(=O)O)c(O)c2ccccc2c1S(=O)(=O)N(CC(C)C)c1ccc(OC(C)C)cc1. The normalized spacial score (nSPS) is 11.6. The van der Waals surface area contributed by atoms with Crippen molar-refractivity contribution < 1.29 is 37.7 Å². The highest BCUT2D eigenvalue weighted by Crippen LogP contribution is 2.41. The number of fused-ring (bicyclic) bond motifs is 1. The molecule has 0 radical (unpaired) electrons. The maximum atomic E-state index is 14.4. The third-order valence-electron chi connectivity index (χ3n) is 5.45. The highest BCUT2D eigenvalue weighted by atomic mass is 32.2. The Labute approximate surface area is 216 Å². The molecule has 9 nitrogen and oxygen atoms in total. The lowest BCUT2D eigenvalue weighted by Crippen LogP contribution is -2.35. The van der Waals surface area contributed by atoms with Crippen LogP contribution >= 0.6 is 0 Å².